The number of amides is 4. The van der Waals surface area contributed by atoms with E-state index in [9.17, 15) is 14.4 Å². The van der Waals surface area contributed by atoms with Crippen LogP contribution in [0.4, 0.5) is 10.5 Å². The number of anilines is 1. The number of hydrogen-bond donors (Lipinski definition) is 2. The molecule has 1 heterocycles. The molecule has 3 aromatic rings. The number of halogens is 1. The number of nitrogens with one attached hydrogen (secondary N) is 2. The van der Waals surface area contributed by atoms with Gasteiger partial charge in [-0.1, -0.05) is 49.4 Å². The first-order chi connectivity index (χ1) is 16.4. The molecule has 0 bridgehead atoms. The summed E-state index contributed by atoms with van der Waals surface area (Å²) in [6.07, 6.45) is 0. The van der Waals surface area contributed by atoms with Crippen LogP contribution in [0.25, 0.3) is 0 Å². The van der Waals surface area contributed by atoms with Crippen LogP contribution in [0.1, 0.15) is 30.0 Å². The van der Waals surface area contributed by atoms with E-state index in [-0.39, 0.29) is 0 Å². The summed E-state index contributed by atoms with van der Waals surface area (Å²) in [6.45, 7) is 1.84. The standard InChI is InChI=1S/C26H24IN3O4/c1-16(17-6-4-3-5-7-17)23(24(31)28-20-12-10-19(27)11-13-20)30-25(32)22(29-26(30)33)18-8-14-21(34-2)15-9-18/h3-16,22-23H,1-2H3,(H,28,31)(H,29,33)/t16?,22-,23?/m1/s1. The van der Waals surface area contributed by atoms with E-state index >= 15 is 0 Å². The van der Waals surface area contributed by atoms with E-state index in [4.69, 9.17) is 4.74 Å². The molecular formula is C26H24IN3O4. The Morgan fingerprint density at radius 2 is 1.65 bits per heavy atom. The summed E-state index contributed by atoms with van der Waals surface area (Å²) in [5.41, 5.74) is 2.05. The van der Waals surface area contributed by atoms with Gasteiger partial charge >= 0.3 is 6.03 Å². The van der Waals surface area contributed by atoms with Gasteiger partial charge < -0.3 is 15.4 Å². The molecule has 1 fully saturated rings. The number of urea groups is 1. The highest BCUT2D eigenvalue weighted by Gasteiger charge is 2.47. The van der Waals surface area contributed by atoms with Gasteiger partial charge in [-0.15, -0.1) is 0 Å². The van der Waals surface area contributed by atoms with Crippen molar-refractivity contribution < 1.29 is 19.1 Å². The molecule has 3 aromatic carbocycles. The zero-order valence-corrected chi connectivity index (χ0v) is 20.9. The lowest BCUT2D eigenvalue weighted by Gasteiger charge is -2.30. The highest BCUT2D eigenvalue weighted by Crippen LogP contribution is 2.31. The quantitative estimate of drug-likeness (QED) is 0.319. The van der Waals surface area contributed by atoms with Crippen molar-refractivity contribution in [3.63, 3.8) is 0 Å². The number of carbonyl (C=O) groups excluding carboxylic acids is 3. The topological polar surface area (TPSA) is 87.7 Å². The van der Waals surface area contributed by atoms with Gasteiger partial charge in [0.2, 0.25) is 5.91 Å². The van der Waals surface area contributed by atoms with Crippen molar-refractivity contribution in [2.75, 3.05) is 12.4 Å². The highest BCUT2D eigenvalue weighted by molar-refractivity contribution is 14.1. The van der Waals surface area contributed by atoms with Gasteiger partial charge in [-0.05, 0) is 70.1 Å². The van der Waals surface area contributed by atoms with Crippen molar-refractivity contribution in [1.29, 1.82) is 0 Å². The normalized spacial score (nSPS) is 17.1. The van der Waals surface area contributed by atoms with Crippen LogP contribution in [-0.4, -0.2) is 35.9 Å². The first-order valence-electron chi connectivity index (χ1n) is 10.8. The van der Waals surface area contributed by atoms with E-state index in [0.29, 0.717) is 17.0 Å². The summed E-state index contributed by atoms with van der Waals surface area (Å²) in [6, 6.07) is 21.1. The highest BCUT2D eigenvalue weighted by atomic mass is 127. The SMILES string of the molecule is COc1ccc([C@H]2NC(=O)N(C(C(=O)Nc3ccc(I)cc3)C(C)c3ccccc3)C2=O)cc1. The van der Waals surface area contributed by atoms with Crippen molar-refractivity contribution in [2.24, 2.45) is 0 Å². The van der Waals surface area contributed by atoms with Gasteiger partial charge in [0.25, 0.3) is 5.91 Å². The van der Waals surface area contributed by atoms with E-state index in [1.54, 1.807) is 43.5 Å². The molecule has 1 aliphatic heterocycles. The zero-order chi connectivity index (χ0) is 24.2. The van der Waals surface area contributed by atoms with E-state index in [1.807, 2.05) is 49.4 Å². The van der Waals surface area contributed by atoms with Gasteiger partial charge in [0.15, 0.2) is 0 Å². The number of carbonyl (C=O) groups is 3. The van der Waals surface area contributed by atoms with Crippen LogP contribution >= 0.6 is 22.6 Å². The Bertz CT molecular complexity index is 1180. The monoisotopic (exact) mass is 569 g/mol. The largest absolute Gasteiger partial charge is 0.497 e. The molecule has 0 saturated carbocycles. The summed E-state index contributed by atoms with van der Waals surface area (Å²) in [4.78, 5) is 41.1. The summed E-state index contributed by atoms with van der Waals surface area (Å²) in [5, 5.41) is 5.61. The van der Waals surface area contributed by atoms with Crippen LogP contribution in [0.15, 0.2) is 78.9 Å². The molecule has 0 radical (unpaired) electrons. The van der Waals surface area contributed by atoms with Crippen LogP contribution < -0.4 is 15.4 Å². The molecule has 3 atom stereocenters. The van der Waals surface area contributed by atoms with Gasteiger partial charge in [-0.3, -0.25) is 9.59 Å². The average molecular weight is 569 g/mol. The molecule has 0 spiro atoms. The van der Waals surface area contributed by atoms with E-state index in [2.05, 4.69) is 33.2 Å². The van der Waals surface area contributed by atoms with E-state index in [1.165, 1.54) is 0 Å². The second-order valence-electron chi connectivity index (χ2n) is 8.00. The third-order valence-electron chi connectivity index (χ3n) is 5.88. The van der Waals surface area contributed by atoms with Crippen molar-refractivity contribution >= 4 is 46.1 Å². The van der Waals surface area contributed by atoms with Crippen LogP contribution in [0, 0.1) is 3.57 Å². The maximum Gasteiger partial charge on any atom is 0.325 e. The van der Waals surface area contributed by atoms with E-state index in [0.717, 1.165) is 14.0 Å². The minimum Gasteiger partial charge on any atom is -0.497 e. The number of rotatable bonds is 7. The van der Waals surface area contributed by atoms with Crippen LogP contribution in [-0.2, 0) is 9.59 Å². The first kappa shape index (κ1) is 23.7. The predicted molar refractivity (Wildman–Crippen MR) is 138 cm³/mol. The van der Waals surface area contributed by atoms with Crippen molar-refractivity contribution in [2.45, 2.75) is 24.9 Å². The molecule has 4 rings (SSSR count). The Morgan fingerprint density at radius 1 is 1.00 bits per heavy atom. The van der Waals surface area contributed by atoms with Gasteiger partial charge in [0.05, 0.1) is 7.11 Å². The van der Waals surface area contributed by atoms with Crippen LogP contribution in [0.3, 0.4) is 0 Å². The third-order valence-corrected chi connectivity index (χ3v) is 6.60. The molecule has 2 N–H and O–H groups in total. The molecule has 174 valence electrons. The molecule has 8 heteroatoms. The minimum atomic E-state index is -1.04. The van der Waals surface area contributed by atoms with Crippen molar-refractivity contribution in [3.8, 4) is 5.75 Å². The molecule has 7 nitrogen and oxygen atoms in total. The summed E-state index contributed by atoms with van der Waals surface area (Å²) >= 11 is 2.18. The Hall–Kier alpha value is -3.40. The van der Waals surface area contributed by atoms with Crippen molar-refractivity contribution in [1.82, 2.24) is 10.2 Å². The second-order valence-corrected chi connectivity index (χ2v) is 9.25. The Kier molecular flexibility index (Phi) is 7.16. The third kappa shape index (κ3) is 4.91. The van der Waals surface area contributed by atoms with Gasteiger partial charge in [0.1, 0.15) is 17.8 Å². The smallest absolute Gasteiger partial charge is 0.325 e. The van der Waals surface area contributed by atoms with Crippen LogP contribution in [0.2, 0.25) is 0 Å². The molecule has 4 amide bonds. The number of ether oxygens (including phenoxy) is 1. The maximum atomic E-state index is 13.5. The Morgan fingerprint density at radius 3 is 2.26 bits per heavy atom. The summed E-state index contributed by atoms with van der Waals surface area (Å²) < 4.78 is 6.21. The molecular weight excluding hydrogens is 545 g/mol. The summed E-state index contributed by atoms with van der Waals surface area (Å²) in [5.74, 6) is -0.698. The van der Waals surface area contributed by atoms with E-state index < -0.39 is 35.8 Å². The molecule has 1 saturated heterocycles. The van der Waals surface area contributed by atoms with Gasteiger partial charge in [-0.2, -0.15) is 0 Å². The fourth-order valence-electron chi connectivity index (χ4n) is 4.04. The average Bonchev–Trinajstić information content (AvgIpc) is 3.15. The van der Waals surface area contributed by atoms with Crippen molar-refractivity contribution in [3.05, 3.63) is 93.6 Å². The molecule has 0 aliphatic carbocycles. The maximum absolute atomic E-state index is 13.5. The predicted octanol–water partition coefficient (Wildman–Crippen LogP) is 4.70. The Balaban J connectivity index is 1.66. The lowest BCUT2D eigenvalue weighted by Crippen LogP contribution is -2.50. The zero-order valence-electron chi connectivity index (χ0n) is 18.7. The second kappa shape index (κ2) is 10.3. The fraction of sp³-hybridized carbons (Fsp3) is 0.192. The molecule has 2 unspecified atom stereocenters. The molecule has 0 aromatic heterocycles. The fourth-order valence-corrected chi connectivity index (χ4v) is 4.40. The molecule has 34 heavy (non-hydrogen) atoms. The Labute approximate surface area is 211 Å². The number of hydrogen-bond acceptors (Lipinski definition) is 4. The lowest BCUT2D eigenvalue weighted by molar-refractivity contribution is -0.134. The minimum absolute atomic E-state index is 0.434. The first-order valence-corrected chi connectivity index (χ1v) is 11.9. The lowest BCUT2D eigenvalue weighted by atomic mass is 9.91. The molecule has 1 aliphatic rings. The van der Waals surface area contributed by atoms with Gasteiger partial charge in [-0.25, -0.2) is 9.69 Å². The van der Waals surface area contributed by atoms with Gasteiger partial charge in [0, 0.05) is 15.2 Å². The number of methoxy groups -OCH3 is 1. The van der Waals surface area contributed by atoms with Crippen LogP contribution in [0.5, 0.6) is 5.75 Å². The number of nitrogens with zero attached hydrogens (tertiary/aromatic N) is 1. The number of benzene rings is 3. The summed E-state index contributed by atoms with van der Waals surface area (Å²) in [7, 11) is 1.56. The number of imide groups is 1.